The fourth-order valence-electron chi connectivity index (χ4n) is 3.51. The fraction of sp³-hybridized carbons (Fsp3) is 0.208. The van der Waals surface area contributed by atoms with Crippen LogP contribution in [0.25, 0.3) is 22.0 Å². The molecule has 2 aromatic heterocycles. The molecular weight excluding hydrogens is 417 g/mol. The zero-order valence-corrected chi connectivity index (χ0v) is 17.7. The van der Waals surface area contributed by atoms with Crippen LogP contribution in [0.15, 0.2) is 60.8 Å². The number of benzene rings is 2. The van der Waals surface area contributed by atoms with Gasteiger partial charge in [0.25, 0.3) is 0 Å². The summed E-state index contributed by atoms with van der Waals surface area (Å²) in [5.74, 6) is 1.62. The second-order valence-electron chi connectivity index (χ2n) is 7.43. The summed E-state index contributed by atoms with van der Waals surface area (Å²) in [6.07, 6.45) is -2.73. The third-order valence-corrected chi connectivity index (χ3v) is 5.15. The van der Waals surface area contributed by atoms with Crippen molar-refractivity contribution in [2.75, 3.05) is 12.4 Å². The molecule has 2 aromatic carbocycles. The number of rotatable bonds is 5. The highest BCUT2D eigenvalue weighted by Crippen LogP contribution is 2.33. The van der Waals surface area contributed by atoms with Gasteiger partial charge in [-0.25, -0.2) is 15.0 Å². The van der Waals surface area contributed by atoms with Crippen molar-refractivity contribution in [2.45, 2.75) is 26.1 Å². The van der Waals surface area contributed by atoms with E-state index in [4.69, 9.17) is 4.74 Å². The molecule has 0 unspecified atom stereocenters. The number of hydrogen-bond acceptors (Lipinski definition) is 5. The van der Waals surface area contributed by atoms with E-state index in [-0.39, 0.29) is 0 Å². The number of nitrogens with one attached hydrogen (secondary N) is 1. The van der Waals surface area contributed by atoms with Gasteiger partial charge in [-0.15, -0.1) is 0 Å². The standard InChI is InChI=1S/C24H21F3N4O/c1-14(16-5-4-6-19(11-16)24(25,26)27)29-23-20-12-17(7-8-21(20)30-15(2)31-23)18-9-10-28-22(13-18)32-3/h4-14H,1-3H3,(H,29,30,31)/t14-/m1/s1. The summed E-state index contributed by atoms with van der Waals surface area (Å²) in [5.41, 5.74) is 2.40. The van der Waals surface area contributed by atoms with E-state index >= 15 is 0 Å². The van der Waals surface area contributed by atoms with Crippen LogP contribution in [0.1, 0.15) is 29.9 Å². The number of aryl methyl sites for hydroxylation is 1. The van der Waals surface area contributed by atoms with E-state index in [1.807, 2.05) is 30.3 Å². The molecule has 1 N–H and O–H groups in total. The van der Waals surface area contributed by atoms with Crippen molar-refractivity contribution in [3.05, 3.63) is 77.7 Å². The summed E-state index contributed by atoms with van der Waals surface area (Å²) in [7, 11) is 1.56. The van der Waals surface area contributed by atoms with Crippen molar-refractivity contribution in [1.82, 2.24) is 15.0 Å². The lowest BCUT2D eigenvalue weighted by Crippen LogP contribution is -2.11. The molecule has 0 saturated carbocycles. The molecule has 0 amide bonds. The minimum Gasteiger partial charge on any atom is -0.481 e. The highest BCUT2D eigenvalue weighted by atomic mass is 19.4. The number of halogens is 3. The number of pyridine rings is 1. The number of methoxy groups -OCH3 is 1. The Kier molecular flexibility index (Phi) is 5.69. The number of anilines is 1. The summed E-state index contributed by atoms with van der Waals surface area (Å²) >= 11 is 0. The lowest BCUT2D eigenvalue weighted by atomic mass is 10.0. The molecule has 4 aromatic rings. The predicted octanol–water partition coefficient (Wildman–Crippen LogP) is 6.20. The van der Waals surface area contributed by atoms with Crippen molar-refractivity contribution in [2.24, 2.45) is 0 Å². The molecular formula is C24H21F3N4O. The summed E-state index contributed by atoms with van der Waals surface area (Å²) in [6.45, 7) is 3.58. The first-order valence-corrected chi connectivity index (χ1v) is 9.97. The van der Waals surface area contributed by atoms with Gasteiger partial charge < -0.3 is 10.1 Å². The second kappa shape index (κ2) is 8.45. The minimum absolute atomic E-state index is 0.403. The van der Waals surface area contributed by atoms with E-state index in [1.165, 1.54) is 6.07 Å². The summed E-state index contributed by atoms with van der Waals surface area (Å²) in [6, 6.07) is 14.4. The van der Waals surface area contributed by atoms with Gasteiger partial charge in [-0.3, -0.25) is 0 Å². The molecule has 0 bridgehead atoms. The largest absolute Gasteiger partial charge is 0.481 e. The maximum atomic E-state index is 13.1. The Morgan fingerprint density at radius 1 is 0.969 bits per heavy atom. The van der Waals surface area contributed by atoms with Gasteiger partial charge in [0.1, 0.15) is 11.6 Å². The van der Waals surface area contributed by atoms with Crippen LogP contribution in [-0.4, -0.2) is 22.1 Å². The smallest absolute Gasteiger partial charge is 0.416 e. The van der Waals surface area contributed by atoms with Gasteiger partial charge in [0, 0.05) is 23.7 Å². The summed E-state index contributed by atoms with van der Waals surface area (Å²) < 4.78 is 44.6. The number of aromatic nitrogens is 3. The van der Waals surface area contributed by atoms with Crippen molar-refractivity contribution >= 4 is 16.7 Å². The molecule has 0 aliphatic heterocycles. The zero-order valence-electron chi connectivity index (χ0n) is 17.7. The van der Waals surface area contributed by atoms with E-state index in [9.17, 15) is 13.2 Å². The van der Waals surface area contributed by atoms with Crippen LogP contribution in [0, 0.1) is 6.92 Å². The topological polar surface area (TPSA) is 59.9 Å². The number of alkyl halides is 3. The monoisotopic (exact) mass is 438 g/mol. The Balaban J connectivity index is 1.73. The first kappa shape index (κ1) is 21.5. The first-order chi connectivity index (χ1) is 15.2. The van der Waals surface area contributed by atoms with Crippen molar-refractivity contribution in [1.29, 1.82) is 0 Å². The molecule has 2 heterocycles. The lowest BCUT2D eigenvalue weighted by Gasteiger charge is -2.18. The number of nitrogens with zero attached hydrogens (tertiary/aromatic N) is 3. The Bertz CT molecular complexity index is 1270. The maximum Gasteiger partial charge on any atom is 0.416 e. The van der Waals surface area contributed by atoms with Crippen LogP contribution in [0.5, 0.6) is 5.88 Å². The van der Waals surface area contributed by atoms with E-state index < -0.39 is 17.8 Å². The average Bonchev–Trinajstić information content (AvgIpc) is 2.78. The van der Waals surface area contributed by atoms with Gasteiger partial charge in [0.15, 0.2) is 0 Å². The Hall–Kier alpha value is -3.68. The minimum atomic E-state index is -4.39. The average molecular weight is 438 g/mol. The van der Waals surface area contributed by atoms with Crippen LogP contribution in [-0.2, 0) is 6.18 Å². The summed E-state index contributed by atoms with van der Waals surface area (Å²) in [5, 5.41) is 4.03. The third kappa shape index (κ3) is 4.49. The molecule has 0 aliphatic rings. The van der Waals surface area contributed by atoms with Gasteiger partial charge in [-0.2, -0.15) is 13.2 Å². The van der Waals surface area contributed by atoms with E-state index in [2.05, 4.69) is 20.3 Å². The van der Waals surface area contributed by atoms with Crippen LogP contribution < -0.4 is 10.1 Å². The Morgan fingerprint density at radius 3 is 2.50 bits per heavy atom. The van der Waals surface area contributed by atoms with Crippen LogP contribution in [0.4, 0.5) is 19.0 Å². The van der Waals surface area contributed by atoms with Gasteiger partial charge in [0.05, 0.1) is 18.2 Å². The molecule has 0 aliphatic carbocycles. The molecule has 32 heavy (non-hydrogen) atoms. The van der Waals surface area contributed by atoms with Crippen molar-refractivity contribution < 1.29 is 17.9 Å². The highest BCUT2D eigenvalue weighted by Gasteiger charge is 2.30. The van der Waals surface area contributed by atoms with Crippen molar-refractivity contribution in [3.63, 3.8) is 0 Å². The van der Waals surface area contributed by atoms with Gasteiger partial charge >= 0.3 is 6.18 Å². The molecule has 1 atom stereocenters. The van der Waals surface area contributed by atoms with Gasteiger partial charge in [-0.1, -0.05) is 18.2 Å². The van der Waals surface area contributed by atoms with Crippen LogP contribution in [0.2, 0.25) is 0 Å². The molecule has 0 saturated heterocycles. The molecule has 164 valence electrons. The number of hydrogen-bond donors (Lipinski definition) is 1. The quantitative estimate of drug-likeness (QED) is 0.402. The fourth-order valence-corrected chi connectivity index (χ4v) is 3.51. The number of fused-ring (bicyclic) bond motifs is 1. The van der Waals surface area contributed by atoms with Crippen molar-refractivity contribution in [3.8, 4) is 17.0 Å². The number of ether oxygens (including phenoxy) is 1. The van der Waals surface area contributed by atoms with Crippen LogP contribution in [0.3, 0.4) is 0 Å². The first-order valence-electron chi connectivity index (χ1n) is 9.97. The molecule has 5 nitrogen and oxygen atoms in total. The van der Waals surface area contributed by atoms with Gasteiger partial charge in [-0.05, 0) is 60.9 Å². The van der Waals surface area contributed by atoms with Gasteiger partial charge in [0.2, 0.25) is 5.88 Å². The Morgan fingerprint density at radius 2 is 1.75 bits per heavy atom. The van der Waals surface area contributed by atoms with E-state index in [1.54, 1.807) is 33.2 Å². The maximum absolute atomic E-state index is 13.1. The SMILES string of the molecule is COc1cc(-c2ccc3nc(C)nc(N[C@H](C)c4cccc(C(F)(F)F)c4)c3c2)ccn1. The Labute approximate surface area is 183 Å². The highest BCUT2D eigenvalue weighted by molar-refractivity contribution is 5.92. The summed E-state index contributed by atoms with van der Waals surface area (Å²) in [4.78, 5) is 13.2. The van der Waals surface area contributed by atoms with E-state index in [0.717, 1.165) is 34.2 Å². The van der Waals surface area contributed by atoms with E-state index in [0.29, 0.717) is 23.1 Å². The molecule has 8 heteroatoms. The molecule has 4 rings (SSSR count). The van der Waals surface area contributed by atoms with Crippen LogP contribution >= 0.6 is 0 Å². The predicted molar refractivity (Wildman–Crippen MR) is 118 cm³/mol. The molecule has 0 spiro atoms. The normalized spacial score (nSPS) is 12.6. The molecule has 0 radical (unpaired) electrons. The zero-order chi connectivity index (χ0) is 22.9. The molecule has 0 fully saturated rings. The lowest BCUT2D eigenvalue weighted by molar-refractivity contribution is -0.137. The third-order valence-electron chi connectivity index (χ3n) is 5.15. The second-order valence-corrected chi connectivity index (χ2v) is 7.43.